The number of fused-ring (bicyclic) bond motifs is 1. The molecule has 0 N–H and O–H groups in total. The molecule has 2 nitrogen and oxygen atoms in total. The number of benzene rings is 1. The summed E-state index contributed by atoms with van der Waals surface area (Å²) in [6.45, 7) is 6.74. The monoisotopic (exact) mass is 290 g/mol. The summed E-state index contributed by atoms with van der Waals surface area (Å²) >= 11 is 6.19. The molecule has 0 saturated carbocycles. The highest BCUT2D eigenvalue weighted by atomic mass is 35.5. The Morgan fingerprint density at radius 3 is 2.55 bits per heavy atom. The smallest absolute Gasteiger partial charge is 0.0484 e. The van der Waals surface area contributed by atoms with Crippen molar-refractivity contribution in [1.82, 2.24) is 9.47 Å². The van der Waals surface area contributed by atoms with Crippen molar-refractivity contribution in [2.45, 2.75) is 45.7 Å². The van der Waals surface area contributed by atoms with Crippen LogP contribution in [0.15, 0.2) is 24.4 Å². The quantitative estimate of drug-likeness (QED) is 0.796. The molecule has 1 fully saturated rings. The molecule has 3 heteroatoms. The van der Waals surface area contributed by atoms with Gasteiger partial charge in [-0.05, 0) is 56.6 Å². The van der Waals surface area contributed by atoms with Crippen LogP contribution >= 0.6 is 11.6 Å². The van der Waals surface area contributed by atoms with E-state index in [0.29, 0.717) is 0 Å². The van der Waals surface area contributed by atoms with E-state index in [4.69, 9.17) is 11.6 Å². The van der Waals surface area contributed by atoms with Crippen LogP contribution in [-0.4, -0.2) is 22.6 Å². The maximum absolute atomic E-state index is 6.19. The van der Waals surface area contributed by atoms with Crippen LogP contribution in [-0.2, 0) is 13.1 Å². The van der Waals surface area contributed by atoms with E-state index in [-0.39, 0.29) is 0 Å². The van der Waals surface area contributed by atoms with Gasteiger partial charge in [-0.25, -0.2) is 0 Å². The lowest BCUT2D eigenvalue weighted by Crippen LogP contribution is -2.23. The molecular weight excluding hydrogens is 268 g/mol. The number of likely N-dealkylation sites (tertiary alicyclic amines) is 1. The zero-order valence-corrected chi connectivity index (χ0v) is 13.0. The molecule has 20 heavy (non-hydrogen) atoms. The molecule has 0 atom stereocenters. The van der Waals surface area contributed by atoms with Crippen LogP contribution < -0.4 is 0 Å². The third-order valence-electron chi connectivity index (χ3n) is 4.36. The van der Waals surface area contributed by atoms with Crippen molar-refractivity contribution in [2.24, 2.45) is 0 Å². The predicted octanol–water partition coefficient (Wildman–Crippen LogP) is 4.69. The topological polar surface area (TPSA) is 8.17 Å². The number of aryl methyl sites for hydroxylation is 1. The minimum absolute atomic E-state index is 0.837. The van der Waals surface area contributed by atoms with Gasteiger partial charge in [0, 0.05) is 35.2 Å². The van der Waals surface area contributed by atoms with Crippen LogP contribution in [0.5, 0.6) is 0 Å². The third-order valence-corrected chi connectivity index (χ3v) is 4.59. The minimum Gasteiger partial charge on any atom is -0.347 e. The molecule has 1 aliphatic heterocycles. The standard InChI is InChI=1S/C17H23ClN2/c1-2-20-13-14(12-19-9-5-3-4-6-10-19)16-11-15(18)7-8-17(16)20/h7-8,11,13H,2-6,9-10,12H2,1H3. The number of hydrogen-bond donors (Lipinski definition) is 0. The molecule has 3 rings (SSSR count). The maximum Gasteiger partial charge on any atom is 0.0484 e. The van der Waals surface area contributed by atoms with E-state index in [1.54, 1.807) is 0 Å². The molecular formula is C17H23ClN2. The molecule has 0 aliphatic carbocycles. The van der Waals surface area contributed by atoms with Gasteiger partial charge in [-0.1, -0.05) is 24.4 Å². The summed E-state index contributed by atoms with van der Waals surface area (Å²) < 4.78 is 2.33. The normalized spacial score (nSPS) is 17.5. The fraction of sp³-hybridized carbons (Fsp3) is 0.529. The molecule has 1 saturated heterocycles. The molecule has 0 bridgehead atoms. The highest BCUT2D eigenvalue weighted by Crippen LogP contribution is 2.26. The summed E-state index contributed by atoms with van der Waals surface area (Å²) in [5, 5.41) is 2.16. The lowest BCUT2D eigenvalue weighted by atomic mass is 10.1. The van der Waals surface area contributed by atoms with Gasteiger partial charge in [-0.2, -0.15) is 0 Å². The van der Waals surface area contributed by atoms with Crippen LogP contribution in [0.4, 0.5) is 0 Å². The largest absolute Gasteiger partial charge is 0.347 e. The second kappa shape index (κ2) is 6.19. The Kier molecular flexibility index (Phi) is 4.32. The Morgan fingerprint density at radius 1 is 1.10 bits per heavy atom. The van der Waals surface area contributed by atoms with Gasteiger partial charge < -0.3 is 4.57 Å². The van der Waals surface area contributed by atoms with E-state index in [9.17, 15) is 0 Å². The van der Waals surface area contributed by atoms with Gasteiger partial charge in [0.25, 0.3) is 0 Å². The van der Waals surface area contributed by atoms with E-state index >= 15 is 0 Å². The SMILES string of the molecule is CCn1cc(CN2CCCCCC2)c2cc(Cl)ccc21. The summed E-state index contributed by atoms with van der Waals surface area (Å²) in [6, 6.07) is 6.26. The van der Waals surface area contributed by atoms with Crippen molar-refractivity contribution in [2.75, 3.05) is 13.1 Å². The van der Waals surface area contributed by atoms with Gasteiger partial charge in [-0.15, -0.1) is 0 Å². The van der Waals surface area contributed by atoms with Crippen LogP contribution in [0.2, 0.25) is 5.02 Å². The summed E-state index contributed by atoms with van der Waals surface area (Å²) in [6.07, 6.45) is 7.77. The number of halogens is 1. The third kappa shape index (κ3) is 2.87. The van der Waals surface area contributed by atoms with Crippen LogP contribution in [0.1, 0.15) is 38.2 Å². The number of aromatic nitrogens is 1. The average molecular weight is 291 g/mol. The Hall–Kier alpha value is -0.990. The first-order chi connectivity index (χ1) is 9.78. The minimum atomic E-state index is 0.837. The van der Waals surface area contributed by atoms with Gasteiger partial charge >= 0.3 is 0 Å². The summed E-state index contributed by atoms with van der Waals surface area (Å²) in [7, 11) is 0. The lowest BCUT2D eigenvalue weighted by Gasteiger charge is -2.19. The average Bonchev–Trinajstić information content (AvgIpc) is 2.63. The van der Waals surface area contributed by atoms with E-state index in [1.807, 2.05) is 6.07 Å². The van der Waals surface area contributed by atoms with E-state index in [0.717, 1.165) is 18.1 Å². The molecule has 0 amide bonds. The summed E-state index contributed by atoms with van der Waals surface area (Å²) in [4.78, 5) is 2.60. The Labute approximate surface area is 126 Å². The Bertz CT molecular complexity index is 580. The Balaban J connectivity index is 1.91. The first-order valence-electron chi connectivity index (χ1n) is 7.77. The molecule has 2 aromatic rings. The summed E-state index contributed by atoms with van der Waals surface area (Å²) in [5.74, 6) is 0. The Morgan fingerprint density at radius 2 is 1.85 bits per heavy atom. The van der Waals surface area contributed by atoms with Gasteiger partial charge in [0.05, 0.1) is 0 Å². The number of nitrogens with zero attached hydrogens (tertiary/aromatic N) is 2. The van der Waals surface area contributed by atoms with Crippen molar-refractivity contribution in [1.29, 1.82) is 0 Å². The fourth-order valence-electron chi connectivity index (χ4n) is 3.27. The van der Waals surface area contributed by atoms with Crippen molar-refractivity contribution < 1.29 is 0 Å². The first-order valence-corrected chi connectivity index (χ1v) is 8.15. The molecule has 108 valence electrons. The maximum atomic E-state index is 6.19. The molecule has 0 spiro atoms. The molecule has 1 aromatic heterocycles. The van der Waals surface area contributed by atoms with Gasteiger partial charge in [0.1, 0.15) is 0 Å². The zero-order valence-electron chi connectivity index (χ0n) is 12.2. The van der Waals surface area contributed by atoms with E-state index < -0.39 is 0 Å². The van der Waals surface area contributed by atoms with Crippen LogP contribution in [0.25, 0.3) is 10.9 Å². The zero-order chi connectivity index (χ0) is 13.9. The first kappa shape index (κ1) is 14.0. The van der Waals surface area contributed by atoms with Gasteiger partial charge in [0.15, 0.2) is 0 Å². The summed E-state index contributed by atoms with van der Waals surface area (Å²) in [5.41, 5.74) is 2.73. The number of hydrogen-bond acceptors (Lipinski definition) is 1. The van der Waals surface area contributed by atoms with Crippen molar-refractivity contribution in [3.8, 4) is 0 Å². The predicted molar refractivity (Wildman–Crippen MR) is 86.4 cm³/mol. The van der Waals surface area contributed by atoms with Gasteiger partial charge in [0.2, 0.25) is 0 Å². The molecule has 2 heterocycles. The lowest BCUT2D eigenvalue weighted by molar-refractivity contribution is 0.278. The van der Waals surface area contributed by atoms with Crippen molar-refractivity contribution in [3.63, 3.8) is 0 Å². The van der Waals surface area contributed by atoms with E-state index in [1.165, 1.54) is 55.2 Å². The van der Waals surface area contributed by atoms with Gasteiger partial charge in [-0.3, -0.25) is 4.90 Å². The second-order valence-corrected chi connectivity index (χ2v) is 6.23. The van der Waals surface area contributed by atoms with Crippen molar-refractivity contribution in [3.05, 3.63) is 35.0 Å². The van der Waals surface area contributed by atoms with Crippen molar-refractivity contribution >= 4 is 22.5 Å². The number of rotatable bonds is 3. The molecule has 1 aliphatic rings. The highest BCUT2D eigenvalue weighted by Gasteiger charge is 2.14. The van der Waals surface area contributed by atoms with E-state index in [2.05, 4.69) is 34.7 Å². The molecule has 0 radical (unpaired) electrons. The highest BCUT2D eigenvalue weighted by molar-refractivity contribution is 6.31. The fourth-order valence-corrected chi connectivity index (χ4v) is 3.44. The second-order valence-electron chi connectivity index (χ2n) is 5.79. The van der Waals surface area contributed by atoms with Crippen LogP contribution in [0, 0.1) is 0 Å². The van der Waals surface area contributed by atoms with Crippen LogP contribution in [0.3, 0.4) is 0 Å². The molecule has 0 unspecified atom stereocenters. The molecule has 1 aromatic carbocycles.